The first-order valence-corrected chi connectivity index (χ1v) is 6.04. The number of thiol groups is 1. The van der Waals surface area contributed by atoms with Gasteiger partial charge in [-0.05, 0) is 24.0 Å². The summed E-state index contributed by atoms with van der Waals surface area (Å²) < 4.78 is 3.39. The molecule has 0 aliphatic heterocycles. The second-order valence-electron chi connectivity index (χ2n) is 4.18. The van der Waals surface area contributed by atoms with E-state index in [-0.39, 0.29) is 11.1 Å². The first-order chi connectivity index (χ1) is 7.08. The lowest BCUT2D eigenvalue weighted by molar-refractivity contribution is 0.254. The zero-order valence-corrected chi connectivity index (χ0v) is 10.6. The Balaban J connectivity index is 2.93. The molecule has 0 aliphatic rings. The van der Waals surface area contributed by atoms with Crippen LogP contribution < -0.4 is 5.69 Å². The molecule has 15 heavy (non-hydrogen) atoms. The lowest BCUT2D eigenvalue weighted by Gasteiger charge is -2.29. The van der Waals surface area contributed by atoms with Crippen molar-refractivity contribution in [2.24, 2.45) is 12.5 Å². The molecule has 0 aromatic carbocycles. The highest BCUT2D eigenvalue weighted by Crippen LogP contribution is 2.29. The van der Waals surface area contributed by atoms with Crippen LogP contribution in [0.1, 0.15) is 26.7 Å². The second-order valence-corrected chi connectivity index (χ2v) is 4.50. The van der Waals surface area contributed by atoms with E-state index in [0.29, 0.717) is 0 Å². The summed E-state index contributed by atoms with van der Waals surface area (Å²) in [4.78, 5) is 11.7. The first-order valence-electron chi connectivity index (χ1n) is 5.41. The summed E-state index contributed by atoms with van der Waals surface area (Å²) in [6.45, 7) is 5.09. The van der Waals surface area contributed by atoms with E-state index >= 15 is 0 Å². The van der Waals surface area contributed by atoms with Gasteiger partial charge in [-0.3, -0.25) is 4.57 Å². The summed E-state index contributed by atoms with van der Waals surface area (Å²) in [6, 6.07) is 0. The van der Waals surface area contributed by atoms with Gasteiger partial charge in [0.05, 0.1) is 0 Å². The lowest BCUT2D eigenvalue weighted by Crippen LogP contribution is -2.33. The van der Waals surface area contributed by atoms with Crippen molar-refractivity contribution in [2.75, 3.05) is 5.75 Å². The van der Waals surface area contributed by atoms with Crippen molar-refractivity contribution in [1.82, 2.24) is 9.13 Å². The molecule has 0 unspecified atom stereocenters. The van der Waals surface area contributed by atoms with Crippen molar-refractivity contribution in [3.05, 3.63) is 22.9 Å². The highest BCUT2D eigenvalue weighted by atomic mass is 32.1. The summed E-state index contributed by atoms with van der Waals surface area (Å²) in [5.41, 5.74) is 0.206. The third kappa shape index (κ3) is 2.48. The van der Waals surface area contributed by atoms with E-state index in [9.17, 15) is 4.79 Å². The molecule has 0 amide bonds. The fourth-order valence-electron chi connectivity index (χ4n) is 1.74. The zero-order chi connectivity index (χ0) is 11.5. The third-order valence-electron chi connectivity index (χ3n) is 3.36. The molecule has 4 heteroatoms. The summed E-state index contributed by atoms with van der Waals surface area (Å²) in [6.07, 6.45) is 5.76. The predicted molar refractivity (Wildman–Crippen MR) is 66.5 cm³/mol. The van der Waals surface area contributed by atoms with Crippen LogP contribution in [0, 0.1) is 5.41 Å². The number of aryl methyl sites for hydroxylation is 1. The second kappa shape index (κ2) is 4.92. The number of hydrogen-bond donors (Lipinski definition) is 1. The molecule has 0 saturated carbocycles. The molecule has 1 rings (SSSR count). The Hall–Kier alpha value is -0.640. The van der Waals surface area contributed by atoms with Crippen LogP contribution in [0.5, 0.6) is 0 Å². The molecule has 0 radical (unpaired) electrons. The van der Waals surface area contributed by atoms with E-state index in [1.54, 1.807) is 22.4 Å². The summed E-state index contributed by atoms with van der Waals surface area (Å²) in [7, 11) is 1.78. The molecule has 0 fully saturated rings. The van der Waals surface area contributed by atoms with Crippen molar-refractivity contribution in [3.8, 4) is 0 Å². The van der Waals surface area contributed by atoms with Crippen LogP contribution >= 0.6 is 12.6 Å². The molecular formula is C11H20N2OS. The van der Waals surface area contributed by atoms with Crippen LogP contribution in [0.25, 0.3) is 0 Å². The number of rotatable bonds is 5. The van der Waals surface area contributed by atoms with E-state index < -0.39 is 0 Å². The van der Waals surface area contributed by atoms with Gasteiger partial charge in [0, 0.05) is 26.0 Å². The fraction of sp³-hybridized carbons (Fsp3) is 0.727. The minimum atomic E-state index is 0.0584. The average Bonchev–Trinajstić information content (AvgIpc) is 2.57. The number of hydrogen-bond acceptors (Lipinski definition) is 2. The van der Waals surface area contributed by atoms with Crippen LogP contribution in [0.4, 0.5) is 0 Å². The Morgan fingerprint density at radius 1 is 1.33 bits per heavy atom. The van der Waals surface area contributed by atoms with E-state index in [1.807, 2.05) is 6.20 Å². The standard InChI is InChI=1S/C11H20N2OS/c1-4-11(5-2,9-15)8-13-7-6-12(3)10(13)14/h6-7,15H,4-5,8-9H2,1-3H3. The van der Waals surface area contributed by atoms with Gasteiger partial charge in [0.1, 0.15) is 0 Å². The molecule has 3 nitrogen and oxygen atoms in total. The molecule has 0 aliphatic carbocycles. The first kappa shape index (κ1) is 12.4. The molecule has 86 valence electrons. The van der Waals surface area contributed by atoms with Crippen LogP contribution in [-0.2, 0) is 13.6 Å². The van der Waals surface area contributed by atoms with Gasteiger partial charge in [0.15, 0.2) is 0 Å². The topological polar surface area (TPSA) is 26.9 Å². The number of nitrogens with zero attached hydrogens (tertiary/aromatic N) is 2. The van der Waals surface area contributed by atoms with Crippen molar-refractivity contribution < 1.29 is 0 Å². The molecule has 0 spiro atoms. The molecule has 0 atom stereocenters. The van der Waals surface area contributed by atoms with Gasteiger partial charge in [0.2, 0.25) is 0 Å². The Morgan fingerprint density at radius 2 is 1.93 bits per heavy atom. The van der Waals surface area contributed by atoms with Gasteiger partial charge < -0.3 is 4.57 Å². The van der Waals surface area contributed by atoms with E-state index in [2.05, 4.69) is 26.5 Å². The fourth-order valence-corrected chi connectivity index (χ4v) is 2.29. The molecule has 1 heterocycles. The maximum atomic E-state index is 11.7. The molecule has 0 bridgehead atoms. The normalized spacial score (nSPS) is 12.0. The van der Waals surface area contributed by atoms with Gasteiger partial charge in [-0.15, -0.1) is 0 Å². The monoisotopic (exact) mass is 228 g/mol. The van der Waals surface area contributed by atoms with E-state index in [1.165, 1.54) is 0 Å². The largest absolute Gasteiger partial charge is 0.327 e. The van der Waals surface area contributed by atoms with Crippen LogP contribution in [0.2, 0.25) is 0 Å². The van der Waals surface area contributed by atoms with Crippen molar-refractivity contribution in [3.63, 3.8) is 0 Å². The number of aromatic nitrogens is 2. The molecule has 1 aromatic heterocycles. The quantitative estimate of drug-likeness (QED) is 0.766. The zero-order valence-electron chi connectivity index (χ0n) is 9.73. The third-order valence-corrected chi connectivity index (χ3v) is 4.03. The summed E-state index contributed by atoms with van der Waals surface area (Å²) in [5, 5.41) is 0. The predicted octanol–water partition coefficient (Wildman–Crippen LogP) is 1.92. The molecule has 0 N–H and O–H groups in total. The average molecular weight is 228 g/mol. The van der Waals surface area contributed by atoms with Crippen LogP contribution in [0.3, 0.4) is 0 Å². The minimum absolute atomic E-state index is 0.0584. The SMILES string of the molecule is CCC(CC)(CS)Cn1ccn(C)c1=O. The van der Waals surface area contributed by atoms with Crippen molar-refractivity contribution >= 4 is 12.6 Å². The highest BCUT2D eigenvalue weighted by molar-refractivity contribution is 7.80. The van der Waals surface area contributed by atoms with Crippen molar-refractivity contribution in [1.29, 1.82) is 0 Å². The van der Waals surface area contributed by atoms with Gasteiger partial charge in [0.25, 0.3) is 0 Å². The number of imidazole rings is 1. The Labute approximate surface area is 96.5 Å². The molecular weight excluding hydrogens is 208 g/mol. The van der Waals surface area contributed by atoms with Crippen LogP contribution in [0.15, 0.2) is 17.2 Å². The maximum Gasteiger partial charge on any atom is 0.327 e. The van der Waals surface area contributed by atoms with Gasteiger partial charge in [-0.2, -0.15) is 12.6 Å². The lowest BCUT2D eigenvalue weighted by atomic mass is 9.84. The van der Waals surface area contributed by atoms with Crippen LogP contribution in [-0.4, -0.2) is 14.9 Å². The Bertz CT molecular complexity index is 355. The van der Waals surface area contributed by atoms with E-state index in [4.69, 9.17) is 0 Å². The summed E-state index contributed by atoms with van der Waals surface area (Å²) >= 11 is 4.41. The van der Waals surface area contributed by atoms with E-state index in [0.717, 1.165) is 25.1 Å². The van der Waals surface area contributed by atoms with Gasteiger partial charge in [-0.25, -0.2) is 4.79 Å². The van der Waals surface area contributed by atoms with Gasteiger partial charge in [-0.1, -0.05) is 13.8 Å². The van der Waals surface area contributed by atoms with Gasteiger partial charge >= 0.3 is 5.69 Å². The Morgan fingerprint density at radius 3 is 2.27 bits per heavy atom. The molecule has 1 aromatic rings. The van der Waals surface area contributed by atoms with Crippen molar-refractivity contribution in [2.45, 2.75) is 33.2 Å². The Kier molecular flexibility index (Phi) is 4.08. The maximum absolute atomic E-state index is 11.7. The highest BCUT2D eigenvalue weighted by Gasteiger charge is 2.25. The summed E-state index contributed by atoms with van der Waals surface area (Å²) in [5.74, 6) is 0.821. The smallest absolute Gasteiger partial charge is 0.302 e. The minimum Gasteiger partial charge on any atom is -0.302 e. The molecule has 0 saturated heterocycles.